The second kappa shape index (κ2) is 4.13. The van der Waals surface area contributed by atoms with E-state index < -0.39 is 5.60 Å². The molecule has 0 radical (unpaired) electrons. The Kier molecular flexibility index (Phi) is 3.32. The van der Waals surface area contributed by atoms with E-state index in [0.717, 1.165) is 5.57 Å². The summed E-state index contributed by atoms with van der Waals surface area (Å²) in [6.07, 6.45) is 3.18. The van der Waals surface area contributed by atoms with Crippen LogP contribution in [0.25, 0.3) is 0 Å². The number of hydrogen-bond donors (Lipinski definition) is 1. The summed E-state index contributed by atoms with van der Waals surface area (Å²) in [5, 5.41) is 9.72. The first kappa shape index (κ1) is 11.2. The van der Waals surface area contributed by atoms with E-state index in [9.17, 15) is 9.90 Å². The molecule has 1 aliphatic heterocycles. The Morgan fingerprint density at radius 3 is 2.36 bits per heavy atom. The third-order valence-electron chi connectivity index (χ3n) is 2.90. The number of allylic oxidation sites excluding steroid dienone is 1. The van der Waals surface area contributed by atoms with Crippen LogP contribution in [-0.4, -0.2) is 34.6 Å². The van der Waals surface area contributed by atoms with Crippen LogP contribution < -0.4 is 0 Å². The van der Waals surface area contributed by atoms with Gasteiger partial charge in [-0.2, -0.15) is 0 Å². The molecule has 14 heavy (non-hydrogen) atoms. The summed E-state index contributed by atoms with van der Waals surface area (Å²) in [6, 6.07) is 0. The highest BCUT2D eigenvalue weighted by Crippen LogP contribution is 2.21. The molecule has 0 saturated carbocycles. The summed E-state index contributed by atoms with van der Waals surface area (Å²) in [6.45, 7) is 6.85. The van der Waals surface area contributed by atoms with Crippen molar-refractivity contribution in [3.05, 3.63) is 11.6 Å². The SMILES string of the molecule is C/C=C(\C)C(=O)N1CCC(C)(O)CC1. The largest absolute Gasteiger partial charge is 0.390 e. The van der Waals surface area contributed by atoms with Crippen LogP contribution >= 0.6 is 0 Å². The van der Waals surface area contributed by atoms with Gasteiger partial charge in [0.2, 0.25) is 5.91 Å². The van der Waals surface area contributed by atoms with Gasteiger partial charge in [0.15, 0.2) is 0 Å². The highest BCUT2D eigenvalue weighted by atomic mass is 16.3. The number of piperidine rings is 1. The van der Waals surface area contributed by atoms with Gasteiger partial charge in [0.25, 0.3) is 0 Å². The fourth-order valence-corrected chi connectivity index (χ4v) is 1.56. The molecule has 1 amide bonds. The minimum absolute atomic E-state index is 0.100. The predicted octanol–water partition coefficient (Wildman–Crippen LogP) is 1.33. The molecule has 0 atom stereocenters. The number of likely N-dealkylation sites (tertiary alicyclic amines) is 1. The number of rotatable bonds is 1. The Morgan fingerprint density at radius 1 is 1.43 bits per heavy atom. The minimum atomic E-state index is -0.583. The van der Waals surface area contributed by atoms with Gasteiger partial charge < -0.3 is 10.0 Å². The Balaban J connectivity index is 2.54. The Morgan fingerprint density at radius 2 is 1.93 bits per heavy atom. The maximum atomic E-state index is 11.7. The molecule has 80 valence electrons. The molecule has 3 nitrogen and oxygen atoms in total. The Hall–Kier alpha value is -0.830. The molecule has 0 aromatic heterocycles. The lowest BCUT2D eigenvalue weighted by Gasteiger charge is -2.35. The van der Waals surface area contributed by atoms with E-state index in [0.29, 0.717) is 25.9 Å². The maximum absolute atomic E-state index is 11.7. The number of amides is 1. The summed E-state index contributed by atoms with van der Waals surface area (Å²) in [5.74, 6) is 0.100. The maximum Gasteiger partial charge on any atom is 0.249 e. The van der Waals surface area contributed by atoms with Crippen molar-refractivity contribution in [2.45, 2.75) is 39.2 Å². The molecule has 1 aliphatic rings. The zero-order valence-corrected chi connectivity index (χ0v) is 9.21. The Bertz CT molecular complexity index is 246. The molecule has 1 heterocycles. The molecule has 1 fully saturated rings. The Labute approximate surface area is 85.4 Å². The van der Waals surface area contributed by atoms with Crippen molar-refractivity contribution in [1.29, 1.82) is 0 Å². The molecule has 0 bridgehead atoms. The van der Waals surface area contributed by atoms with Crippen LogP contribution in [0.3, 0.4) is 0 Å². The lowest BCUT2D eigenvalue weighted by atomic mass is 9.93. The van der Waals surface area contributed by atoms with Gasteiger partial charge >= 0.3 is 0 Å². The second-order valence-electron chi connectivity index (χ2n) is 4.26. The van der Waals surface area contributed by atoms with E-state index in [-0.39, 0.29) is 5.91 Å². The third kappa shape index (κ3) is 2.58. The standard InChI is InChI=1S/C11H19NO2/c1-4-9(2)10(13)12-7-5-11(3,14)6-8-12/h4,14H,5-8H2,1-3H3/b9-4+. The smallest absolute Gasteiger partial charge is 0.249 e. The van der Waals surface area contributed by atoms with Gasteiger partial charge in [0.05, 0.1) is 5.60 Å². The van der Waals surface area contributed by atoms with Crippen molar-refractivity contribution in [3.63, 3.8) is 0 Å². The summed E-state index contributed by atoms with van der Waals surface area (Å²) < 4.78 is 0. The topological polar surface area (TPSA) is 40.5 Å². The average Bonchev–Trinajstić information content (AvgIpc) is 2.15. The second-order valence-corrected chi connectivity index (χ2v) is 4.26. The molecule has 1 saturated heterocycles. The zero-order valence-electron chi connectivity index (χ0n) is 9.21. The van der Waals surface area contributed by atoms with Gasteiger partial charge in [0.1, 0.15) is 0 Å². The lowest BCUT2D eigenvalue weighted by molar-refractivity contribution is -0.130. The molecule has 0 aromatic carbocycles. The van der Waals surface area contributed by atoms with Gasteiger partial charge in [-0.1, -0.05) is 6.08 Å². The van der Waals surface area contributed by atoms with Crippen molar-refractivity contribution in [1.82, 2.24) is 4.90 Å². The van der Waals surface area contributed by atoms with Crippen LogP contribution in [-0.2, 0) is 4.79 Å². The average molecular weight is 197 g/mol. The van der Waals surface area contributed by atoms with E-state index >= 15 is 0 Å². The molecule has 0 aromatic rings. The number of nitrogens with zero attached hydrogens (tertiary/aromatic N) is 1. The fourth-order valence-electron chi connectivity index (χ4n) is 1.56. The number of hydrogen-bond acceptors (Lipinski definition) is 2. The van der Waals surface area contributed by atoms with Gasteiger partial charge in [-0.05, 0) is 33.6 Å². The number of carbonyl (C=O) groups is 1. The van der Waals surface area contributed by atoms with Crippen molar-refractivity contribution < 1.29 is 9.90 Å². The summed E-state index contributed by atoms with van der Waals surface area (Å²) >= 11 is 0. The predicted molar refractivity (Wildman–Crippen MR) is 55.9 cm³/mol. The van der Waals surface area contributed by atoms with Crippen LogP contribution in [0.1, 0.15) is 33.6 Å². The van der Waals surface area contributed by atoms with Crippen LogP contribution in [0.2, 0.25) is 0 Å². The van der Waals surface area contributed by atoms with E-state index in [4.69, 9.17) is 0 Å². The summed E-state index contributed by atoms with van der Waals surface area (Å²) in [7, 11) is 0. The van der Waals surface area contributed by atoms with Crippen molar-refractivity contribution in [2.75, 3.05) is 13.1 Å². The minimum Gasteiger partial charge on any atom is -0.390 e. The first-order valence-corrected chi connectivity index (χ1v) is 5.11. The van der Waals surface area contributed by atoms with Crippen molar-refractivity contribution >= 4 is 5.91 Å². The van der Waals surface area contributed by atoms with Crippen molar-refractivity contribution in [2.24, 2.45) is 0 Å². The first-order valence-electron chi connectivity index (χ1n) is 5.11. The zero-order chi connectivity index (χ0) is 10.8. The van der Waals surface area contributed by atoms with E-state index in [1.807, 2.05) is 31.7 Å². The van der Waals surface area contributed by atoms with Crippen molar-refractivity contribution in [3.8, 4) is 0 Å². The van der Waals surface area contributed by atoms with Crippen LogP contribution in [0.4, 0.5) is 0 Å². The van der Waals surface area contributed by atoms with E-state index in [2.05, 4.69) is 0 Å². The molecular formula is C11H19NO2. The molecule has 0 aliphatic carbocycles. The monoisotopic (exact) mass is 197 g/mol. The van der Waals surface area contributed by atoms with E-state index in [1.165, 1.54) is 0 Å². The molecule has 3 heteroatoms. The molecule has 1 N–H and O–H groups in total. The third-order valence-corrected chi connectivity index (χ3v) is 2.90. The van der Waals surface area contributed by atoms with Gasteiger partial charge in [-0.25, -0.2) is 0 Å². The number of carbonyl (C=O) groups excluding carboxylic acids is 1. The van der Waals surface area contributed by atoms with Crippen LogP contribution in [0.15, 0.2) is 11.6 Å². The highest BCUT2D eigenvalue weighted by Gasteiger charge is 2.29. The van der Waals surface area contributed by atoms with Gasteiger partial charge in [0, 0.05) is 18.7 Å². The number of aliphatic hydroxyl groups is 1. The van der Waals surface area contributed by atoms with Crippen LogP contribution in [0, 0.1) is 0 Å². The molecular weight excluding hydrogens is 178 g/mol. The highest BCUT2D eigenvalue weighted by molar-refractivity contribution is 5.92. The van der Waals surface area contributed by atoms with Gasteiger partial charge in [-0.3, -0.25) is 4.79 Å². The summed E-state index contributed by atoms with van der Waals surface area (Å²) in [4.78, 5) is 13.5. The summed E-state index contributed by atoms with van der Waals surface area (Å²) in [5.41, 5.74) is 0.201. The lowest BCUT2D eigenvalue weighted by Crippen LogP contribution is -2.45. The van der Waals surface area contributed by atoms with Gasteiger partial charge in [-0.15, -0.1) is 0 Å². The fraction of sp³-hybridized carbons (Fsp3) is 0.727. The normalized spacial score (nSPS) is 22.3. The van der Waals surface area contributed by atoms with Crippen LogP contribution in [0.5, 0.6) is 0 Å². The molecule has 0 unspecified atom stereocenters. The molecule has 1 rings (SSSR count). The molecule has 0 spiro atoms. The quantitative estimate of drug-likeness (QED) is 0.644. The first-order chi connectivity index (χ1) is 6.46. The van der Waals surface area contributed by atoms with E-state index in [1.54, 1.807) is 0 Å².